The van der Waals surface area contributed by atoms with Crippen LogP contribution < -0.4 is 15.4 Å². The number of hydrogen-bond donors (Lipinski definition) is 2. The Morgan fingerprint density at radius 1 is 1.27 bits per heavy atom. The highest BCUT2D eigenvalue weighted by molar-refractivity contribution is 7.15. The second kappa shape index (κ2) is 11.2. The molecule has 4 aliphatic rings. The molecule has 40 heavy (non-hydrogen) atoms. The number of benzene rings is 1. The summed E-state index contributed by atoms with van der Waals surface area (Å²) in [6, 6.07) is 6.10. The van der Waals surface area contributed by atoms with Gasteiger partial charge >= 0.3 is 5.97 Å². The van der Waals surface area contributed by atoms with Gasteiger partial charge in [-0.05, 0) is 112 Å². The van der Waals surface area contributed by atoms with Gasteiger partial charge in [-0.2, -0.15) is 0 Å². The minimum atomic E-state index is -0.188. The Hall–Kier alpha value is -2.78. The number of aryl methyl sites for hydroxylation is 2. The van der Waals surface area contributed by atoms with Crippen molar-refractivity contribution in [2.45, 2.75) is 83.6 Å². The summed E-state index contributed by atoms with van der Waals surface area (Å²) in [5, 5.41) is 11.4. The number of nitrogens with zero attached hydrogens (tertiary/aromatic N) is 2. The first-order chi connectivity index (χ1) is 19.4. The molecule has 1 aliphatic heterocycles. The zero-order valence-electron chi connectivity index (χ0n) is 23.7. The first kappa shape index (κ1) is 27.4. The molecule has 8 nitrogen and oxygen atoms in total. The number of ether oxygens (including phenoxy) is 1. The van der Waals surface area contributed by atoms with Crippen LogP contribution in [-0.2, 0) is 20.8 Å². The number of hydrogen-bond acceptors (Lipinski definition) is 8. The number of thiazole rings is 1. The molecule has 2 saturated carbocycles. The maximum atomic E-state index is 12.8. The van der Waals surface area contributed by atoms with Crippen LogP contribution in [0.15, 0.2) is 29.6 Å². The second-order valence-electron chi connectivity index (χ2n) is 12.3. The zero-order chi connectivity index (χ0) is 27.9. The van der Waals surface area contributed by atoms with Crippen LogP contribution in [0.5, 0.6) is 5.75 Å². The number of carbonyl (C=O) groups is 2. The average molecular weight is 565 g/mol. The first-order valence-electron chi connectivity index (χ1n) is 14.8. The molecule has 214 valence electrons. The molecule has 6 atom stereocenters. The Morgan fingerprint density at radius 2 is 2.15 bits per heavy atom. The number of esters is 1. The Morgan fingerprint density at radius 3 is 2.90 bits per heavy atom. The van der Waals surface area contributed by atoms with Crippen molar-refractivity contribution >= 4 is 34.1 Å². The van der Waals surface area contributed by atoms with Gasteiger partial charge in [-0.3, -0.25) is 4.79 Å². The number of fused-ring (bicyclic) bond motifs is 5. The lowest BCUT2D eigenvalue weighted by atomic mass is 9.54. The number of carbonyl (C=O) groups excluding carboxylic acids is 2. The standard InChI is InChI=1S/C31H40N4O4S/c1-18-17-33-30(40-18)34-27(36)11-7-20-16-26(35-38-3)31(2)13-12-23-22-10-8-21(39-29(37)25-5-4-14-32-25)15-19(22)6-9-24(23)28(20)31/h8,10,15,17,20,23-25,28,32H,4-7,9,11-14,16H2,1-3H3,(H,33,34,36)/b35-26+/t20?,23?,24?,25-,28?,31+/m0/s1. The fourth-order valence-corrected chi connectivity index (χ4v) is 8.88. The van der Waals surface area contributed by atoms with Gasteiger partial charge in [-0.15, -0.1) is 11.3 Å². The van der Waals surface area contributed by atoms with Crippen molar-refractivity contribution < 1.29 is 19.2 Å². The van der Waals surface area contributed by atoms with Gasteiger partial charge in [-0.1, -0.05) is 18.1 Å². The van der Waals surface area contributed by atoms with E-state index in [1.807, 2.05) is 13.0 Å². The Labute approximate surface area is 240 Å². The van der Waals surface area contributed by atoms with Crippen molar-refractivity contribution in [1.29, 1.82) is 0 Å². The van der Waals surface area contributed by atoms with Crippen LogP contribution in [0.1, 0.15) is 80.2 Å². The molecule has 1 aromatic carbocycles. The summed E-state index contributed by atoms with van der Waals surface area (Å²) in [6.45, 7) is 5.24. The van der Waals surface area contributed by atoms with Gasteiger partial charge < -0.3 is 20.2 Å². The average Bonchev–Trinajstić information content (AvgIpc) is 3.68. The van der Waals surface area contributed by atoms with Crippen molar-refractivity contribution in [2.75, 3.05) is 19.0 Å². The van der Waals surface area contributed by atoms with Crippen molar-refractivity contribution in [3.8, 4) is 5.75 Å². The Balaban J connectivity index is 1.19. The van der Waals surface area contributed by atoms with E-state index in [0.29, 0.717) is 41.0 Å². The molecule has 4 unspecified atom stereocenters. The lowest BCUT2D eigenvalue weighted by molar-refractivity contribution is -0.136. The largest absolute Gasteiger partial charge is 0.425 e. The number of amides is 1. The molecule has 9 heteroatoms. The van der Waals surface area contributed by atoms with E-state index < -0.39 is 0 Å². The fraction of sp³-hybridized carbons (Fsp3) is 0.613. The van der Waals surface area contributed by atoms with E-state index in [4.69, 9.17) is 9.57 Å². The molecule has 3 fully saturated rings. The number of aromatic nitrogens is 1. The molecule has 1 amide bonds. The van der Waals surface area contributed by atoms with Crippen molar-refractivity contribution in [1.82, 2.24) is 10.3 Å². The maximum absolute atomic E-state index is 12.8. The predicted molar refractivity (Wildman–Crippen MR) is 156 cm³/mol. The molecule has 3 aliphatic carbocycles. The fourth-order valence-electron chi connectivity index (χ4n) is 8.20. The normalized spacial score (nSPS) is 31.8. The van der Waals surface area contributed by atoms with Gasteiger partial charge in [0.2, 0.25) is 5.91 Å². The van der Waals surface area contributed by atoms with E-state index in [-0.39, 0.29) is 23.3 Å². The van der Waals surface area contributed by atoms with Crippen molar-refractivity contribution in [3.05, 3.63) is 40.4 Å². The van der Waals surface area contributed by atoms with Crippen molar-refractivity contribution in [3.63, 3.8) is 0 Å². The van der Waals surface area contributed by atoms with Gasteiger partial charge in [0.05, 0.1) is 5.71 Å². The number of nitrogens with one attached hydrogen (secondary N) is 2. The lowest BCUT2D eigenvalue weighted by Crippen LogP contribution is -2.44. The molecule has 2 N–H and O–H groups in total. The predicted octanol–water partition coefficient (Wildman–Crippen LogP) is 5.61. The van der Waals surface area contributed by atoms with E-state index in [1.54, 1.807) is 13.3 Å². The minimum Gasteiger partial charge on any atom is -0.425 e. The van der Waals surface area contributed by atoms with Crippen LogP contribution in [0, 0.1) is 30.1 Å². The quantitative estimate of drug-likeness (QED) is 0.257. The number of anilines is 1. The second-order valence-corrected chi connectivity index (χ2v) is 13.5. The smallest absolute Gasteiger partial charge is 0.328 e. The molecule has 2 heterocycles. The van der Waals surface area contributed by atoms with E-state index in [1.165, 1.54) is 22.5 Å². The monoisotopic (exact) mass is 564 g/mol. The summed E-state index contributed by atoms with van der Waals surface area (Å²) >= 11 is 1.51. The molecule has 1 saturated heterocycles. The molecule has 0 spiro atoms. The van der Waals surface area contributed by atoms with E-state index >= 15 is 0 Å². The third kappa shape index (κ3) is 5.18. The van der Waals surface area contributed by atoms with Crippen LogP contribution >= 0.6 is 11.3 Å². The van der Waals surface area contributed by atoms with Gasteiger partial charge in [0.1, 0.15) is 18.9 Å². The lowest BCUT2D eigenvalue weighted by Gasteiger charge is -2.50. The first-order valence-corrected chi connectivity index (χ1v) is 15.6. The van der Waals surface area contributed by atoms with Gasteiger partial charge in [0, 0.05) is 22.9 Å². The molecule has 2 aromatic rings. The summed E-state index contributed by atoms with van der Waals surface area (Å²) in [7, 11) is 1.64. The summed E-state index contributed by atoms with van der Waals surface area (Å²) < 4.78 is 5.77. The van der Waals surface area contributed by atoms with Gasteiger partial charge in [0.25, 0.3) is 0 Å². The van der Waals surface area contributed by atoms with Crippen molar-refractivity contribution in [2.24, 2.45) is 28.3 Å². The van der Waals surface area contributed by atoms with Crippen LogP contribution in [-0.4, -0.2) is 42.3 Å². The highest BCUT2D eigenvalue weighted by atomic mass is 32.1. The maximum Gasteiger partial charge on any atom is 0.328 e. The molecule has 6 rings (SSSR count). The number of oxime groups is 1. The molecule has 0 radical (unpaired) electrons. The zero-order valence-corrected chi connectivity index (χ0v) is 24.5. The number of rotatable bonds is 7. The van der Waals surface area contributed by atoms with Crippen LogP contribution in [0.2, 0.25) is 0 Å². The van der Waals surface area contributed by atoms with Gasteiger partial charge in [0.15, 0.2) is 5.13 Å². The molecular formula is C31H40N4O4S. The van der Waals surface area contributed by atoms with Crippen LogP contribution in [0.25, 0.3) is 0 Å². The summed E-state index contributed by atoms with van der Waals surface area (Å²) in [5.41, 5.74) is 3.87. The van der Waals surface area contributed by atoms with Crippen LogP contribution in [0.4, 0.5) is 5.13 Å². The van der Waals surface area contributed by atoms with E-state index in [2.05, 4.69) is 39.8 Å². The van der Waals surface area contributed by atoms with E-state index in [9.17, 15) is 9.59 Å². The summed E-state index contributed by atoms with van der Waals surface area (Å²) in [6.07, 6.45) is 10.1. The topological polar surface area (TPSA) is 102 Å². The Kier molecular flexibility index (Phi) is 7.70. The third-order valence-corrected chi connectivity index (χ3v) is 10.8. The summed E-state index contributed by atoms with van der Waals surface area (Å²) in [4.78, 5) is 36.1. The minimum absolute atomic E-state index is 0.00794. The Bertz CT molecular complexity index is 1300. The molecular weight excluding hydrogens is 524 g/mol. The highest BCUT2D eigenvalue weighted by Crippen LogP contribution is 2.62. The molecule has 0 bridgehead atoms. The highest BCUT2D eigenvalue weighted by Gasteiger charge is 2.57. The van der Waals surface area contributed by atoms with Crippen LogP contribution in [0.3, 0.4) is 0 Å². The van der Waals surface area contributed by atoms with E-state index in [0.717, 1.165) is 68.5 Å². The van der Waals surface area contributed by atoms with Gasteiger partial charge in [-0.25, -0.2) is 9.78 Å². The SMILES string of the molecule is CO/N=C1\CC(CCC(=O)Nc2ncc(C)s2)C2C3CCc4cc(OC(=O)[C@@H]5CCCN5)ccc4C3CC[C@]12C. The molecule has 1 aromatic heterocycles. The third-order valence-electron chi connectivity index (χ3n) is 9.95. The summed E-state index contributed by atoms with van der Waals surface area (Å²) in [5.74, 6) is 2.36.